The summed E-state index contributed by atoms with van der Waals surface area (Å²) < 4.78 is 17.0. The Kier molecular flexibility index (Phi) is 4.04. The highest BCUT2D eigenvalue weighted by atomic mass is 32.1. The first-order chi connectivity index (χ1) is 12.5. The fourth-order valence-electron chi connectivity index (χ4n) is 2.87. The minimum absolute atomic E-state index is 0.188. The van der Waals surface area contributed by atoms with E-state index in [0.29, 0.717) is 11.1 Å². The first-order valence-corrected chi connectivity index (χ1v) is 8.81. The van der Waals surface area contributed by atoms with Crippen LogP contribution >= 0.6 is 11.3 Å². The van der Waals surface area contributed by atoms with Crippen molar-refractivity contribution in [3.63, 3.8) is 0 Å². The molecule has 0 atom stereocenters. The van der Waals surface area contributed by atoms with Crippen LogP contribution in [0.25, 0.3) is 15.7 Å². The zero-order chi connectivity index (χ0) is 18.3. The van der Waals surface area contributed by atoms with E-state index < -0.39 is 0 Å². The number of carbonyl (C=O) groups is 1. The Bertz CT molecular complexity index is 1190. The summed E-state index contributed by atoms with van der Waals surface area (Å²) in [6.45, 7) is 2.00. The SMILES string of the molecule is Cc1cc2c(cc3c(=O)n(CC(=O)NCc4cccc(F)c4)ncn32)s1. The summed E-state index contributed by atoms with van der Waals surface area (Å²) in [5.74, 6) is -0.721. The third-order valence-electron chi connectivity index (χ3n) is 4.08. The number of aryl methyl sites for hydroxylation is 1. The van der Waals surface area contributed by atoms with Gasteiger partial charge in [0, 0.05) is 11.4 Å². The van der Waals surface area contributed by atoms with Gasteiger partial charge < -0.3 is 5.32 Å². The van der Waals surface area contributed by atoms with Crippen molar-refractivity contribution in [2.75, 3.05) is 0 Å². The maximum Gasteiger partial charge on any atom is 0.291 e. The van der Waals surface area contributed by atoms with Crippen LogP contribution in [-0.4, -0.2) is 20.1 Å². The molecular weight excluding hydrogens is 355 g/mol. The van der Waals surface area contributed by atoms with E-state index in [-0.39, 0.29) is 30.4 Å². The van der Waals surface area contributed by atoms with E-state index in [4.69, 9.17) is 0 Å². The Morgan fingerprint density at radius 3 is 2.92 bits per heavy atom. The fourth-order valence-corrected chi connectivity index (χ4v) is 3.82. The number of hydrogen-bond donors (Lipinski definition) is 1. The summed E-state index contributed by atoms with van der Waals surface area (Å²) in [5, 5.41) is 6.77. The van der Waals surface area contributed by atoms with Gasteiger partial charge in [-0.2, -0.15) is 5.10 Å². The number of carbonyl (C=O) groups excluding carboxylic acids is 1. The molecule has 3 heterocycles. The van der Waals surface area contributed by atoms with Gasteiger partial charge in [0.05, 0.1) is 10.2 Å². The number of benzene rings is 1. The summed E-state index contributed by atoms with van der Waals surface area (Å²) in [5.41, 5.74) is 1.75. The Morgan fingerprint density at radius 1 is 1.27 bits per heavy atom. The first kappa shape index (κ1) is 16.5. The quantitative estimate of drug-likeness (QED) is 0.600. The average Bonchev–Trinajstić information content (AvgIpc) is 3.12. The number of fused-ring (bicyclic) bond motifs is 3. The van der Waals surface area contributed by atoms with Gasteiger partial charge in [0.25, 0.3) is 5.56 Å². The van der Waals surface area contributed by atoms with Crippen molar-refractivity contribution in [1.82, 2.24) is 19.5 Å². The Balaban J connectivity index is 1.54. The van der Waals surface area contributed by atoms with Crippen LogP contribution in [0.2, 0.25) is 0 Å². The molecule has 4 rings (SSSR count). The lowest BCUT2D eigenvalue weighted by Crippen LogP contribution is -2.33. The summed E-state index contributed by atoms with van der Waals surface area (Å²) in [7, 11) is 0. The van der Waals surface area contributed by atoms with Gasteiger partial charge in [0.15, 0.2) is 0 Å². The Morgan fingerprint density at radius 2 is 2.12 bits per heavy atom. The molecule has 0 aliphatic carbocycles. The van der Waals surface area contributed by atoms with E-state index in [9.17, 15) is 14.0 Å². The summed E-state index contributed by atoms with van der Waals surface area (Å²) in [4.78, 5) is 25.9. The second-order valence-corrected chi connectivity index (χ2v) is 7.29. The second kappa shape index (κ2) is 6.38. The minimum atomic E-state index is -0.363. The molecule has 26 heavy (non-hydrogen) atoms. The third-order valence-corrected chi connectivity index (χ3v) is 5.07. The lowest BCUT2D eigenvalue weighted by molar-refractivity contribution is -0.122. The monoisotopic (exact) mass is 370 g/mol. The van der Waals surface area contributed by atoms with Gasteiger partial charge >= 0.3 is 0 Å². The molecule has 8 heteroatoms. The Labute approximate surface area is 151 Å². The topological polar surface area (TPSA) is 68.4 Å². The maximum absolute atomic E-state index is 13.2. The molecule has 4 aromatic rings. The average molecular weight is 370 g/mol. The molecule has 3 aromatic heterocycles. The zero-order valence-electron chi connectivity index (χ0n) is 13.9. The zero-order valence-corrected chi connectivity index (χ0v) is 14.7. The fraction of sp³-hybridized carbons (Fsp3) is 0.167. The van der Waals surface area contributed by atoms with E-state index in [1.165, 1.54) is 12.1 Å². The van der Waals surface area contributed by atoms with Gasteiger partial charge in [-0.25, -0.2) is 9.07 Å². The Hall–Kier alpha value is -3.00. The highest BCUT2D eigenvalue weighted by Crippen LogP contribution is 2.26. The molecule has 0 saturated carbocycles. The van der Waals surface area contributed by atoms with Crippen LogP contribution in [0.15, 0.2) is 47.5 Å². The van der Waals surface area contributed by atoms with Gasteiger partial charge in [-0.15, -0.1) is 11.3 Å². The van der Waals surface area contributed by atoms with Crippen molar-refractivity contribution < 1.29 is 9.18 Å². The molecule has 0 aliphatic heterocycles. The largest absolute Gasteiger partial charge is 0.350 e. The number of hydrogen-bond acceptors (Lipinski definition) is 4. The normalized spacial score (nSPS) is 11.3. The van der Waals surface area contributed by atoms with E-state index in [1.54, 1.807) is 34.2 Å². The standard InChI is InChI=1S/C18H15FN4O2S/c1-11-5-14-16(26-11)7-15-18(25)23(21-10-22(14)15)9-17(24)20-8-12-3-2-4-13(19)6-12/h2-7,10H,8-9H2,1H3,(H,20,24). The van der Waals surface area contributed by atoms with Gasteiger partial charge in [-0.1, -0.05) is 12.1 Å². The number of amides is 1. The van der Waals surface area contributed by atoms with Crippen LogP contribution in [0.3, 0.4) is 0 Å². The van der Waals surface area contributed by atoms with Crippen LogP contribution in [0.4, 0.5) is 4.39 Å². The molecule has 0 saturated heterocycles. The highest BCUT2D eigenvalue weighted by molar-refractivity contribution is 7.19. The molecule has 0 aliphatic rings. The molecule has 1 aromatic carbocycles. The molecular formula is C18H15FN4O2S. The highest BCUT2D eigenvalue weighted by Gasteiger charge is 2.13. The number of nitrogens with one attached hydrogen (secondary N) is 1. The second-order valence-electron chi connectivity index (χ2n) is 6.01. The first-order valence-electron chi connectivity index (χ1n) is 8.00. The lowest BCUT2D eigenvalue weighted by atomic mass is 10.2. The van der Waals surface area contributed by atoms with Crippen LogP contribution < -0.4 is 10.9 Å². The maximum atomic E-state index is 13.2. The third kappa shape index (κ3) is 2.99. The number of thiophene rings is 1. The summed E-state index contributed by atoms with van der Waals surface area (Å²) in [6, 6.07) is 9.81. The molecule has 0 bridgehead atoms. The number of nitrogens with zero attached hydrogens (tertiary/aromatic N) is 3. The molecule has 6 nitrogen and oxygen atoms in total. The summed E-state index contributed by atoms with van der Waals surface area (Å²) in [6.07, 6.45) is 1.55. The van der Waals surface area contributed by atoms with E-state index >= 15 is 0 Å². The van der Waals surface area contributed by atoms with Crippen molar-refractivity contribution in [3.8, 4) is 0 Å². The molecule has 0 unspecified atom stereocenters. The van der Waals surface area contributed by atoms with Crippen LogP contribution in [0.5, 0.6) is 0 Å². The van der Waals surface area contributed by atoms with E-state index in [2.05, 4.69) is 10.4 Å². The molecule has 0 radical (unpaired) electrons. The van der Waals surface area contributed by atoms with E-state index in [0.717, 1.165) is 19.8 Å². The molecule has 1 N–H and O–H groups in total. The van der Waals surface area contributed by atoms with Gasteiger partial charge in [0.1, 0.15) is 24.2 Å². The lowest BCUT2D eigenvalue weighted by Gasteiger charge is -2.07. The number of halogens is 1. The van der Waals surface area contributed by atoms with E-state index in [1.807, 2.05) is 19.1 Å². The minimum Gasteiger partial charge on any atom is -0.350 e. The summed E-state index contributed by atoms with van der Waals surface area (Å²) >= 11 is 1.61. The van der Waals surface area contributed by atoms with Crippen molar-refractivity contribution in [2.24, 2.45) is 0 Å². The van der Waals surface area contributed by atoms with Crippen LogP contribution in [0, 0.1) is 12.7 Å². The van der Waals surface area contributed by atoms with Crippen molar-refractivity contribution >= 4 is 33.0 Å². The molecule has 0 spiro atoms. The number of rotatable bonds is 4. The molecule has 0 fully saturated rings. The predicted octanol–water partition coefficient (Wildman–Crippen LogP) is 2.47. The van der Waals surface area contributed by atoms with Gasteiger partial charge in [-0.3, -0.25) is 14.0 Å². The van der Waals surface area contributed by atoms with Crippen molar-refractivity contribution in [1.29, 1.82) is 0 Å². The van der Waals surface area contributed by atoms with Crippen LogP contribution in [-0.2, 0) is 17.9 Å². The van der Waals surface area contributed by atoms with Gasteiger partial charge in [0.2, 0.25) is 5.91 Å². The smallest absolute Gasteiger partial charge is 0.291 e. The number of aromatic nitrogens is 3. The molecule has 132 valence electrons. The van der Waals surface area contributed by atoms with Crippen LogP contribution in [0.1, 0.15) is 10.4 Å². The van der Waals surface area contributed by atoms with Gasteiger partial charge in [-0.05, 0) is 36.8 Å². The predicted molar refractivity (Wildman–Crippen MR) is 97.8 cm³/mol. The van der Waals surface area contributed by atoms with Crippen molar-refractivity contribution in [2.45, 2.75) is 20.0 Å². The van der Waals surface area contributed by atoms with Crippen molar-refractivity contribution in [3.05, 3.63) is 69.3 Å². The molecule has 1 amide bonds.